The average molecular weight is 249 g/mol. The number of rotatable bonds is 4. The standard InChI is InChI=1S/C13H9F2NO2/c14-10-2-1-9(13(15)5-10)8-18-12-4-3-11(7-17)16-6-12/h1-7H,8H2. The molecule has 0 bridgehead atoms. The summed E-state index contributed by atoms with van der Waals surface area (Å²) in [5.41, 5.74) is 0.533. The second-order valence-corrected chi connectivity index (χ2v) is 3.56. The van der Waals surface area contributed by atoms with Crippen LogP contribution in [0.4, 0.5) is 8.78 Å². The van der Waals surface area contributed by atoms with E-state index in [0.29, 0.717) is 12.0 Å². The Bertz CT molecular complexity index is 555. The summed E-state index contributed by atoms with van der Waals surface area (Å²) in [6.07, 6.45) is 1.98. The summed E-state index contributed by atoms with van der Waals surface area (Å²) in [7, 11) is 0. The van der Waals surface area contributed by atoms with Crippen molar-refractivity contribution in [2.75, 3.05) is 0 Å². The minimum Gasteiger partial charge on any atom is -0.487 e. The summed E-state index contributed by atoms with van der Waals surface area (Å²) in [5, 5.41) is 0. The quantitative estimate of drug-likeness (QED) is 0.782. The maximum absolute atomic E-state index is 13.3. The van der Waals surface area contributed by atoms with Crippen molar-refractivity contribution in [2.24, 2.45) is 0 Å². The summed E-state index contributed by atoms with van der Waals surface area (Å²) < 4.78 is 31.2. The highest BCUT2D eigenvalue weighted by molar-refractivity contribution is 5.71. The van der Waals surface area contributed by atoms with Crippen LogP contribution < -0.4 is 4.74 Å². The van der Waals surface area contributed by atoms with Crippen molar-refractivity contribution >= 4 is 6.29 Å². The van der Waals surface area contributed by atoms with Crippen LogP contribution in [0.25, 0.3) is 0 Å². The van der Waals surface area contributed by atoms with E-state index in [0.717, 1.165) is 12.1 Å². The molecule has 0 aliphatic heterocycles. The molecule has 0 aliphatic rings. The molecule has 0 atom stereocenters. The predicted molar refractivity (Wildman–Crippen MR) is 60.3 cm³/mol. The van der Waals surface area contributed by atoms with Gasteiger partial charge in [-0.1, -0.05) is 0 Å². The highest BCUT2D eigenvalue weighted by Gasteiger charge is 2.04. The zero-order valence-corrected chi connectivity index (χ0v) is 9.27. The topological polar surface area (TPSA) is 39.2 Å². The first-order valence-corrected chi connectivity index (χ1v) is 5.17. The van der Waals surface area contributed by atoms with Crippen molar-refractivity contribution in [1.82, 2.24) is 4.98 Å². The Morgan fingerprint density at radius 1 is 1.22 bits per heavy atom. The Hall–Kier alpha value is -2.30. The molecule has 2 rings (SSSR count). The van der Waals surface area contributed by atoms with Crippen LogP contribution in [0.15, 0.2) is 36.5 Å². The van der Waals surface area contributed by atoms with E-state index < -0.39 is 11.6 Å². The number of hydrogen-bond donors (Lipinski definition) is 0. The summed E-state index contributed by atoms with van der Waals surface area (Å²) in [5.74, 6) is -0.884. The molecule has 0 amide bonds. The Morgan fingerprint density at radius 3 is 2.67 bits per heavy atom. The number of aromatic nitrogens is 1. The van der Waals surface area contributed by atoms with Crippen molar-refractivity contribution in [2.45, 2.75) is 6.61 Å². The van der Waals surface area contributed by atoms with Crippen LogP contribution in [-0.4, -0.2) is 11.3 Å². The Morgan fingerprint density at radius 2 is 2.06 bits per heavy atom. The van der Waals surface area contributed by atoms with E-state index in [9.17, 15) is 13.6 Å². The number of hydrogen-bond acceptors (Lipinski definition) is 3. The molecule has 92 valence electrons. The SMILES string of the molecule is O=Cc1ccc(OCc2ccc(F)cc2F)cn1. The van der Waals surface area contributed by atoms with E-state index in [-0.39, 0.29) is 17.9 Å². The Labute approximate surface area is 102 Å². The van der Waals surface area contributed by atoms with E-state index in [1.54, 1.807) is 6.07 Å². The number of ether oxygens (including phenoxy) is 1. The van der Waals surface area contributed by atoms with Crippen molar-refractivity contribution < 1.29 is 18.3 Å². The first-order chi connectivity index (χ1) is 8.69. The highest BCUT2D eigenvalue weighted by Crippen LogP contribution is 2.14. The fourth-order valence-electron chi connectivity index (χ4n) is 1.35. The lowest BCUT2D eigenvalue weighted by molar-refractivity contribution is 0.111. The van der Waals surface area contributed by atoms with Crippen molar-refractivity contribution in [3.05, 3.63) is 59.4 Å². The molecule has 1 aromatic carbocycles. The molecule has 1 heterocycles. The minimum atomic E-state index is -0.660. The van der Waals surface area contributed by atoms with Crippen molar-refractivity contribution in [3.63, 3.8) is 0 Å². The van der Waals surface area contributed by atoms with E-state index >= 15 is 0 Å². The fourth-order valence-corrected chi connectivity index (χ4v) is 1.35. The molecule has 3 nitrogen and oxygen atoms in total. The third-order valence-electron chi connectivity index (χ3n) is 2.29. The first kappa shape index (κ1) is 12.2. The third kappa shape index (κ3) is 2.88. The number of nitrogens with zero attached hydrogens (tertiary/aromatic N) is 1. The molecule has 1 aromatic heterocycles. The van der Waals surface area contributed by atoms with Gasteiger partial charge >= 0.3 is 0 Å². The van der Waals surface area contributed by atoms with Crippen LogP contribution in [-0.2, 0) is 6.61 Å². The van der Waals surface area contributed by atoms with Crippen LogP contribution in [0.5, 0.6) is 5.75 Å². The Kier molecular flexibility index (Phi) is 3.62. The number of benzene rings is 1. The van der Waals surface area contributed by atoms with Crippen molar-refractivity contribution in [1.29, 1.82) is 0 Å². The van der Waals surface area contributed by atoms with Gasteiger partial charge in [-0.2, -0.15) is 0 Å². The van der Waals surface area contributed by atoms with Crippen LogP contribution in [0.1, 0.15) is 16.1 Å². The predicted octanol–water partition coefficient (Wildman–Crippen LogP) is 2.75. The summed E-state index contributed by atoms with van der Waals surface area (Å²) in [6.45, 7) is -0.0335. The summed E-state index contributed by atoms with van der Waals surface area (Å²) in [4.78, 5) is 14.2. The van der Waals surface area contributed by atoms with Gasteiger partial charge in [0.25, 0.3) is 0 Å². The second kappa shape index (κ2) is 5.35. The lowest BCUT2D eigenvalue weighted by atomic mass is 10.2. The molecule has 2 aromatic rings. The number of pyridine rings is 1. The van der Waals surface area contributed by atoms with E-state index in [1.165, 1.54) is 18.3 Å². The zero-order valence-electron chi connectivity index (χ0n) is 9.27. The summed E-state index contributed by atoms with van der Waals surface area (Å²) in [6, 6.07) is 6.32. The van der Waals surface area contributed by atoms with E-state index in [1.807, 2.05) is 0 Å². The van der Waals surface area contributed by atoms with Crippen LogP contribution in [0, 0.1) is 11.6 Å². The van der Waals surface area contributed by atoms with Crippen LogP contribution in [0.3, 0.4) is 0 Å². The molecule has 0 aliphatic carbocycles. The van der Waals surface area contributed by atoms with E-state index in [4.69, 9.17) is 4.74 Å². The molecule has 5 heteroatoms. The van der Waals surface area contributed by atoms with Gasteiger partial charge in [0, 0.05) is 11.6 Å². The molecule has 0 saturated carbocycles. The van der Waals surface area contributed by atoms with E-state index in [2.05, 4.69) is 4.98 Å². The number of aldehydes is 1. The van der Waals surface area contributed by atoms with Gasteiger partial charge < -0.3 is 4.74 Å². The molecule has 18 heavy (non-hydrogen) atoms. The number of carbonyl (C=O) groups excluding carboxylic acids is 1. The largest absolute Gasteiger partial charge is 0.487 e. The molecule has 0 spiro atoms. The molecule has 0 saturated heterocycles. The third-order valence-corrected chi connectivity index (χ3v) is 2.29. The van der Waals surface area contributed by atoms with Crippen molar-refractivity contribution in [3.8, 4) is 5.75 Å². The molecule has 0 N–H and O–H groups in total. The molecular formula is C13H9F2NO2. The summed E-state index contributed by atoms with van der Waals surface area (Å²) >= 11 is 0. The van der Waals surface area contributed by atoms with Gasteiger partial charge in [0.1, 0.15) is 29.7 Å². The maximum Gasteiger partial charge on any atom is 0.168 e. The number of carbonyl (C=O) groups is 1. The van der Waals surface area contributed by atoms with Crippen LogP contribution in [0.2, 0.25) is 0 Å². The monoisotopic (exact) mass is 249 g/mol. The normalized spacial score (nSPS) is 10.1. The molecule has 0 fully saturated rings. The zero-order chi connectivity index (χ0) is 13.0. The maximum atomic E-state index is 13.3. The molecular weight excluding hydrogens is 240 g/mol. The van der Waals surface area contributed by atoms with Gasteiger partial charge in [-0.15, -0.1) is 0 Å². The number of halogens is 2. The first-order valence-electron chi connectivity index (χ1n) is 5.17. The van der Waals surface area contributed by atoms with Gasteiger partial charge in [-0.25, -0.2) is 13.8 Å². The Balaban J connectivity index is 2.04. The van der Waals surface area contributed by atoms with Gasteiger partial charge in [-0.05, 0) is 24.3 Å². The van der Waals surface area contributed by atoms with Gasteiger partial charge in [0.05, 0.1) is 6.20 Å². The van der Waals surface area contributed by atoms with Gasteiger partial charge in [0.15, 0.2) is 6.29 Å². The van der Waals surface area contributed by atoms with Gasteiger partial charge in [0.2, 0.25) is 0 Å². The molecule has 0 radical (unpaired) electrons. The van der Waals surface area contributed by atoms with Crippen LogP contribution >= 0.6 is 0 Å². The average Bonchev–Trinajstić information content (AvgIpc) is 2.38. The lowest BCUT2D eigenvalue weighted by Gasteiger charge is -2.06. The highest BCUT2D eigenvalue weighted by atomic mass is 19.1. The second-order valence-electron chi connectivity index (χ2n) is 3.56. The molecule has 0 unspecified atom stereocenters. The van der Waals surface area contributed by atoms with Gasteiger partial charge in [-0.3, -0.25) is 4.79 Å². The fraction of sp³-hybridized carbons (Fsp3) is 0.0769. The minimum absolute atomic E-state index is 0.0335. The smallest absolute Gasteiger partial charge is 0.168 e. The lowest BCUT2D eigenvalue weighted by Crippen LogP contribution is -1.99.